The topological polar surface area (TPSA) is 142 Å². The van der Waals surface area contributed by atoms with Gasteiger partial charge in [-0.15, -0.1) is 0 Å². The Kier molecular flexibility index (Phi) is 7.71. The fraction of sp³-hybridized carbons (Fsp3) is 0.167. The van der Waals surface area contributed by atoms with E-state index >= 15 is 0 Å². The van der Waals surface area contributed by atoms with Crippen LogP contribution in [0.25, 0.3) is 10.8 Å². The average Bonchev–Trinajstić information content (AvgIpc) is 2.90. The molecular weight excluding hydrogens is 502 g/mol. The molecule has 1 atom stereocenters. The van der Waals surface area contributed by atoms with E-state index in [9.17, 15) is 29.7 Å². The molecule has 0 saturated heterocycles. The highest BCUT2D eigenvalue weighted by molar-refractivity contribution is 6.03. The summed E-state index contributed by atoms with van der Waals surface area (Å²) in [5.74, 6) is -2.62. The number of carbonyl (C=O) groups is 3. The Labute approximate surface area is 224 Å². The van der Waals surface area contributed by atoms with Crippen molar-refractivity contribution in [1.29, 1.82) is 0 Å². The van der Waals surface area contributed by atoms with Crippen molar-refractivity contribution in [1.82, 2.24) is 0 Å². The molecule has 9 heteroatoms. The van der Waals surface area contributed by atoms with Crippen LogP contribution >= 0.6 is 0 Å². The highest BCUT2D eigenvalue weighted by Gasteiger charge is 2.23. The van der Waals surface area contributed by atoms with Gasteiger partial charge in [0, 0.05) is 16.8 Å². The predicted octanol–water partition coefficient (Wildman–Crippen LogP) is 6.15. The van der Waals surface area contributed by atoms with E-state index in [1.807, 2.05) is 26.0 Å². The third-order valence-electron chi connectivity index (χ3n) is 6.13. The number of anilines is 1. The number of carboxylic acid groups (broad SMARTS) is 2. The van der Waals surface area contributed by atoms with Gasteiger partial charge in [0.1, 0.15) is 23.0 Å². The summed E-state index contributed by atoms with van der Waals surface area (Å²) in [5.41, 5.74) is 1.46. The number of carboxylic acids is 2. The molecule has 0 heterocycles. The summed E-state index contributed by atoms with van der Waals surface area (Å²) in [6.07, 6.45) is -0.497. The van der Waals surface area contributed by atoms with Crippen LogP contribution < -0.4 is 14.8 Å². The van der Waals surface area contributed by atoms with Crippen LogP contribution in [-0.4, -0.2) is 39.3 Å². The first-order chi connectivity index (χ1) is 18.6. The third-order valence-corrected chi connectivity index (χ3v) is 6.13. The lowest BCUT2D eigenvalue weighted by molar-refractivity contribution is -0.122. The summed E-state index contributed by atoms with van der Waals surface area (Å²) in [5, 5.41) is 33.3. The largest absolute Gasteiger partial charge is 0.505 e. The number of aryl methyl sites for hydroxylation is 2. The minimum atomic E-state index is -1.32. The zero-order chi connectivity index (χ0) is 28.3. The van der Waals surface area contributed by atoms with Gasteiger partial charge in [0.2, 0.25) is 0 Å². The molecule has 4 aromatic carbocycles. The smallest absolute Gasteiger partial charge is 0.335 e. The number of benzene rings is 4. The van der Waals surface area contributed by atoms with E-state index in [0.717, 1.165) is 17.2 Å². The van der Waals surface area contributed by atoms with Crippen molar-refractivity contribution >= 4 is 34.3 Å². The first kappa shape index (κ1) is 27.0. The van der Waals surface area contributed by atoms with Crippen LogP contribution in [-0.2, 0) is 4.79 Å². The Hall–Kier alpha value is -5.05. The summed E-state index contributed by atoms with van der Waals surface area (Å²) in [6, 6.07) is 17.2. The Morgan fingerprint density at radius 1 is 0.846 bits per heavy atom. The Bertz CT molecular complexity index is 1560. The monoisotopic (exact) mass is 529 g/mol. The standard InChI is InChI=1S/C30H27NO8/c1-4-24(39-25-10-9-16(2)11-17(25)3)28(33)31-23-15-26(21-7-5-6-8-22(21)27(23)32)38-20-13-18(29(34)35)12-19(14-20)30(36)37/h5-15,24,32H,4H2,1-3H3,(H,31,33)(H,34,35)(H,36,37). The SMILES string of the molecule is CCC(Oc1ccc(C)cc1C)C(=O)Nc1cc(Oc2cc(C(=O)O)cc(C(=O)O)c2)c2ccccc2c1O. The molecule has 0 aliphatic carbocycles. The molecule has 0 spiro atoms. The fourth-order valence-electron chi connectivity index (χ4n) is 4.16. The molecule has 4 N–H and O–H groups in total. The first-order valence-electron chi connectivity index (χ1n) is 12.2. The van der Waals surface area contributed by atoms with Gasteiger partial charge < -0.3 is 30.1 Å². The number of phenols is 1. The van der Waals surface area contributed by atoms with Gasteiger partial charge in [0.25, 0.3) is 5.91 Å². The molecule has 0 fully saturated rings. The number of hydrogen-bond acceptors (Lipinski definition) is 6. The van der Waals surface area contributed by atoms with Crippen molar-refractivity contribution in [3.05, 3.63) is 89.0 Å². The van der Waals surface area contributed by atoms with Crippen LogP contribution in [0, 0.1) is 13.8 Å². The van der Waals surface area contributed by atoms with Gasteiger partial charge in [0.05, 0.1) is 16.8 Å². The summed E-state index contributed by atoms with van der Waals surface area (Å²) in [4.78, 5) is 36.3. The van der Waals surface area contributed by atoms with Crippen molar-refractivity contribution in [3.63, 3.8) is 0 Å². The van der Waals surface area contributed by atoms with Crippen LogP contribution in [0.15, 0.2) is 66.7 Å². The number of hydrogen-bond donors (Lipinski definition) is 4. The van der Waals surface area contributed by atoms with Crippen LogP contribution in [0.1, 0.15) is 45.2 Å². The van der Waals surface area contributed by atoms with E-state index in [1.54, 1.807) is 37.3 Å². The highest BCUT2D eigenvalue weighted by Crippen LogP contribution is 2.41. The minimum absolute atomic E-state index is 0.0370. The lowest BCUT2D eigenvalue weighted by Crippen LogP contribution is -2.32. The predicted molar refractivity (Wildman–Crippen MR) is 145 cm³/mol. The number of amides is 1. The number of phenolic OH excluding ortho intramolecular Hbond substituents is 1. The van der Waals surface area contributed by atoms with Gasteiger partial charge in [-0.25, -0.2) is 9.59 Å². The lowest BCUT2D eigenvalue weighted by Gasteiger charge is -2.20. The molecule has 0 bridgehead atoms. The van der Waals surface area contributed by atoms with Gasteiger partial charge in [-0.05, 0) is 50.1 Å². The second kappa shape index (κ2) is 11.1. The van der Waals surface area contributed by atoms with Gasteiger partial charge in [-0.3, -0.25) is 4.79 Å². The minimum Gasteiger partial charge on any atom is -0.505 e. The van der Waals surface area contributed by atoms with E-state index in [0.29, 0.717) is 22.9 Å². The number of aromatic carboxylic acids is 2. The molecule has 4 rings (SSSR count). The van der Waals surface area contributed by atoms with Crippen LogP contribution in [0.2, 0.25) is 0 Å². The van der Waals surface area contributed by atoms with Gasteiger partial charge >= 0.3 is 11.9 Å². The summed E-state index contributed by atoms with van der Waals surface area (Å²) >= 11 is 0. The Morgan fingerprint density at radius 2 is 1.49 bits per heavy atom. The maximum atomic E-state index is 13.2. The van der Waals surface area contributed by atoms with Crippen molar-refractivity contribution < 1.29 is 39.2 Å². The second-order valence-electron chi connectivity index (χ2n) is 9.05. The molecule has 0 radical (unpaired) electrons. The van der Waals surface area contributed by atoms with E-state index < -0.39 is 23.9 Å². The van der Waals surface area contributed by atoms with Crippen LogP contribution in [0.4, 0.5) is 5.69 Å². The van der Waals surface area contributed by atoms with Crippen molar-refractivity contribution in [2.45, 2.75) is 33.3 Å². The van der Waals surface area contributed by atoms with Gasteiger partial charge in [-0.2, -0.15) is 0 Å². The van der Waals surface area contributed by atoms with Crippen molar-refractivity contribution in [2.75, 3.05) is 5.32 Å². The normalized spacial score (nSPS) is 11.6. The maximum absolute atomic E-state index is 13.2. The quantitative estimate of drug-likeness (QED) is 0.189. The molecule has 9 nitrogen and oxygen atoms in total. The highest BCUT2D eigenvalue weighted by atomic mass is 16.5. The number of nitrogens with one attached hydrogen (secondary N) is 1. The molecule has 0 saturated carbocycles. The molecule has 4 aromatic rings. The molecule has 39 heavy (non-hydrogen) atoms. The second-order valence-corrected chi connectivity index (χ2v) is 9.05. The van der Waals surface area contributed by atoms with Crippen LogP contribution in [0.5, 0.6) is 23.0 Å². The Morgan fingerprint density at radius 3 is 2.08 bits per heavy atom. The molecule has 0 aliphatic rings. The molecule has 200 valence electrons. The van der Waals surface area contributed by atoms with E-state index in [2.05, 4.69) is 5.32 Å². The van der Waals surface area contributed by atoms with E-state index in [-0.39, 0.29) is 34.1 Å². The number of rotatable bonds is 9. The number of carbonyl (C=O) groups excluding carboxylic acids is 1. The summed E-state index contributed by atoms with van der Waals surface area (Å²) < 4.78 is 11.9. The zero-order valence-corrected chi connectivity index (χ0v) is 21.5. The van der Waals surface area contributed by atoms with Crippen LogP contribution in [0.3, 0.4) is 0 Å². The maximum Gasteiger partial charge on any atom is 0.335 e. The van der Waals surface area contributed by atoms with Crippen molar-refractivity contribution in [2.24, 2.45) is 0 Å². The average molecular weight is 530 g/mol. The number of ether oxygens (including phenoxy) is 2. The van der Waals surface area contributed by atoms with E-state index in [1.165, 1.54) is 18.2 Å². The van der Waals surface area contributed by atoms with Crippen molar-refractivity contribution in [3.8, 4) is 23.0 Å². The molecule has 0 aliphatic heterocycles. The summed E-state index contributed by atoms with van der Waals surface area (Å²) in [6.45, 7) is 5.65. The molecular formula is C30H27NO8. The Balaban J connectivity index is 1.70. The first-order valence-corrected chi connectivity index (χ1v) is 12.2. The van der Waals surface area contributed by atoms with Gasteiger partial charge in [0.15, 0.2) is 6.10 Å². The van der Waals surface area contributed by atoms with E-state index in [4.69, 9.17) is 9.47 Å². The third kappa shape index (κ3) is 5.93. The lowest BCUT2D eigenvalue weighted by atomic mass is 10.1. The fourth-order valence-corrected chi connectivity index (χ4v) is 4.16. The zero-order valence-electron chi connectivity index (χ0n) is 21.5. The summed E-state index contributed by atoms with van der Waals surface area (Å²) in [7, 11) is 0. The molecule has 0 aromatic heterocycles. The molecule has 1 amide bonds. The number of fused-ring (bicyclic) bond motifs is 1. The van der Waals surface area contributed by atoms with Gasteiger partial charge in [-0.1, -0.05) is 48.9 Å². The number of aromatic hydroxyl groups is 1. The molecule has 1 unspecified atom stereocenters.